The van der Waals surface area contributed by atoms with E-state index in [2.05, 4.69) is 39.9 Å². The number of nitrogens with two attached hydrogens (primary N) is 2. The van der Waals surface area contributed by atoms with Gasteiger partial charge in [0.2, 0.25) is 11.8 Å². The van der Waals surface area contributed by atoms with Crippen LogP contribution in [0.2, 0.25) is 0 Å². The molecule has 1 rings (SSSR count). The lowest BCUT2D eigenvalue weighted by Crippen LogP contribution is -2.69. The number of hydrazine groups is 1. The van der Waals surface area contributed by atoms with E-state index in [0.29, 0.717) is 25.7 Å². The predicted molar refractivity (Wildman–Crippen MR) is 96.8 cm³/mol. The van der Waals surface area contributed by atoms with Crippen molar-refractivity contribution < 1.29 is 9.59 Å². The van der Waals surface area contributed by atoms with Crippen LogP contribution in [-0.4, -0.2) is 33.9 Å². The lowest BCUT2D eigenvalue weighted by Gasteiger charge is -2.55. The monoisotopic (exact) mass is 340 g/mol. The number of amides is 2. The predicted octanol–water partition coefficient (Wildman–Crippen LogP) is 2.07. The second-order valence-electron chi connectivity index (χ2n) is 7.84. The SMILES string of the molecule is CCC1(C)CC(N(N)C(=O)CCCCC(N)=O)C(C)C(C)(CC)N1. The summed E-state index contributed by atoms with van der Waals surface area (Å²) in [6, 6.07) is 0.0183. The zero-order chi connectivity index (χ0) is 18.5. The lowest BCUT2D eigenvalue weighted by atomic mass is 9.68. The Hall–Kier alpha value is -1.14. The van der Waals surface area contributed by atoms with Crippen molar-refractivity contribution in [1.82, 2.24) is 10.3 Å². The molecule has 1 saturated heterocycles. The molecule has 0 aromatic rings. The van der Waals surface area contributed by atoms with Crippen molar-refractivity contribution >= 4 is 11.8 Å². The molecule has 0 spiro atoms. The van der Waals surface area contributed by atoms with Gasteiger partial charge < -0.3 is 11.1 Å². The van der Waals surface area contributed by atoms with Gasteiger partial charge in [0, 0.05) is 23.9 Å². The molecule has 24 heavy (non-hydrogen) atoms. The first-order chi connectivity index (χ1) is 11.1. The van der Waals surface area contributed by atoms with Gasteiger partial charge in [-0.1, -0.05) is 20.8 Å². The van der Waals surface area contributed by atoms with Crippen molar-refractivity contribution in [2.75, 3.05) is 0 Å². The number of piperidine rings is 1. The van der Waals surface area contributed by atoms with Crippen LogP contribution in [0.3, 0.4) is 0 Å². The standard InChI is InChI=1S/C18H36N4O2/c1-6-17(4)12-14(13(3)18(5,7-2)21-17)22(20)16(24)11-9-8-10-15(19)23/h13-14,21H,6-12,20H2,1-5H3,(H2,19,23). The van der Waals surface area contributed by atoms with Gasteiger partial charge in [0.05, 0.1) is 6.04 Å². The van der Waals surface area contributed by atoms with E-state index < -0.39 is 0 Å². The van der Waals surface area contributed by atoms with Crippen LogP contribution < -0.4 is 16.9 Å². The Morgan fingerprint density at radius 3 is 2.25 bits per heavy atom. The minimum absolute atomic E-state index is 0.0183. The molecule has 0 aromatic carbocycles. The van der Waals surface area contributed by atoms with Crippen LogP contribution in [0.5, 0.6) is 0 Å². The molecule has 2 amide bonds. The van der Waals surface area contributed by atoms with Gasteiger partial charge in [0.1, 0.15) is 0 Å². The van der Waals surface area contributed by atoms with Crippen LogP contribution in [-0.2, 0) is 9.59 Å². The van der Waals surface area contributed by atoms with Crippen molar-refractivity contribution in [1.29, 1.82) is 0 Å². The lowest BCUT2D eigenvalue weighted by molar-refractivity contribution is -0.138. The second-order valence-corrected chi connectivity index (χ2v) is 7.84. The minimum atomic E-state index is -0.323. The molecule has 1 aliphatic rings. The van der Waals surface area contributed by atoms with E-state index in [1.54, 1.807) is 0 Å². The molecule has 1 aliphatic heterocycles. The summed E-state index contributed by atoms with van der Waals surface area (Å²) in [5.41, 5.74) is 5.06. The molecule has 1 heterocycles. The molecule has 140 valence electrons. The van der Waals surface area contributed by atoms with E-state index in [0.717, 1.165) is 19.3 Å². The van der Waals surface area contributed by atoms with Crippen LogP contribution in [0, 0.1) is 5.92 Å². The van der Waals surface area contributed by atoms with Crippen LogP contribution in [0.4, 0.5) is 0 Å². The fourth-order valence-electron chi connectivity index (χ4n) is 3.79. The maximum Gasteiger partial charge on any atom is 0.236 e. The van der Waals surface area contributed by atoms with Crippen LogP contribution in [0.1, 0.15) is 79.6 Å². The summed E-state index contributed by atoms with van der Waals surface area (Å²) < 4.78 is 0. The highest BCUT2D eigenvalue weighted by molar-refractivity contribution is 5.76. The second kappa shape index (κ2) is 8.30. The normalized spacial score (nSPS) is 33.2. The molecule has 0 radical (unpaired) electrons. The molecule has 1 fully saturated rings. The van der Waals surface area contributed by atoms with Gasteiger partial charge >= 0.3 is 0 Å². The minimum Gasteiger partial charge on any atom is -0.370 e. The molecule has 0 bridgehead atoms. The summed E-state index contributed by atoms with van der Waals surface area (Å²) in [4.78, 5) is 23.3. The van der Waals surface area contributed by atoms with E-state index in [4.69, 9.17) is 11.6 Å². The number of rotatable bonds is 8. The van der Waals surface area contributed by atoms with Gasteiger partial charge in [-0.2, -0.15) is 0 Å². The molecular weight excluding hydrogens is 304 g/mol. The quantitative estimate of drug-likeness (QED) is 0.272. The summed E-state index contributed by atoms with van der Waals surface area (Å²) in [6.45, 7) is 11.0. The van der Waals surface area contributed by atoms with Crippen molar-refractivity contribution in [2.24, 2.45) is 17.5 Å². The molecule has 0 aromatic heterocycles. The Morgan fingerprint density at radius 2 is 1.75 bits per heavy atom. The van der Waals surface area contributed by atoms with Gasteiger partial charge in [-0.3, -0.25) is 14.6 Å². The zero-order valence-corrected chi connectivity index (χ0v) is 16.0. The third-order valence-electron chi connectivity index (χ3n) is 6.05. The Labute approximate surface area is 146 Å². The summed E-state index contributed by atoms with van der Waals surface area (Å²) in [5.74, 6) is 6.14. The Bertz CT molecular complexity index is 456. The number of hydrogen-bond acceptors (Lipinski definition) is 4. The van der Waals surface area contributed by atoms with Crippen molar-refractivity contribution in [3.8, 4) is 0 Å². The van der Waals surface area contributed by atoms with E-state index in [1.807, 2.05) is 0 Å². The fourth-order valence-corrected chi connectivity index (χ4v) is 3.79. The third-order valence-corrected chi connectivity index (χ3v) is 6.05. The van der Waals surface area contributed by atoms with E-state index >= 15 is 0 Å². The van der Waals surface area contributed by atoms with E-state index in [1.165, 1.54) is 5.01 Å². The van der Waals surface area contributed by atoms with Crippen molar-refractivity contribution in [3.63, 3.8) is 0 Å². The number of primary amides is 1. The average molecular weight is 341 g/mol. The Morgan fingerprint density at radius 1 is 1.17 bits per heavy atom. The Balaban J connectivity index is 2.77. The van der Waals surface area contributed by atoms with Crippen LogP contribution >= 0.6 is 0 Å². The smallest absolute Gasteiger partial charge is 0.236 e. The highest BCUT2D eigenvalue weighted by atomic mass is 16.2. The summed E-state index contributed by atoms with van der Waals surface area (Å²) >= 11 is 0. The molecule has 0 saturated carbocycles. The van der Waals surface area contributed by atoms with E-state index in [-0.39, 0.29) is 34.9 Å². The molecule has 4 atom stereocenters. The molecule has 6 heteroatoms. The molecule has 0 aliphatic carbocycles. The summed E-state index contributed by atoms with van der Waals surface area (Å²) in [6.07, 6.45) is 4.80. The van der Waals surface area contributed by atoms with Crippen LogP contribution in [0.25, 0.3) is 0 Å². The largest absolute Gasteiger partial charge is 0.370 e. The highest BCUT2D eigenvalue weighted by Crippen LogP contribution is 2.39. The zero-order valence-electron chi connectivity index (χ0n) is 16.0. The summed E-state index contributed by atoms with van der Waals surface area (Å²) in [7, 11) is 0. The number of nitrogens with zero attached hydrogens (tertiary/aromatic N) is 1. The number of unbranched alkanes of at least 4 members (excludes halogenated alkanes) is 1. The number of carbonyl (C=O) groups excluding carboxylic acids is 2. The topological polar surface area (TPSA) is 101 Å². The van der Waals surface area contributed by atoms with E-state index in [9.17, 15) is 9.59 Å². The number of hydrogen-bond donors (Lipinski definition) is 3. The van der Waals surface area contributed by atoms with Gasteiger partial charge in [0.15, 0.2) is 0 Å². The number of carbonyl (C=O) groups is 2. The first-order valence-electron chi connectivity index (χ1n) is 9.23. The Kier molecular flexibility index (Phi) is 7.23. The van der Waals surface area contributed by atoms with Gasteiger partial charge in [0.25, 0.3) is 0 Å². The maximum absolute atomic E-state index is 12.5. The molecule has 5 N–H and O–H groups in total. The third kappa shape index (κ3) is 4.93. The van der Waals surface area contributed by atoms with Crippen molar-refractivity contribution in [3.05, 3.63) is 0 Å². The van der Waals surface area contributed by atoms with Gasteiger partial charge in [-0.25, -0.2) is 5.84 Å². The first kappa shape index (κ1) is 20.9. The van der Waals surface area contributed by atoms with Crippen molar-refractivity contribution in [2.45, 2.75) is 96.7 Å². The number of nitrogens with one attached hydrogen (secondary N) is 1. The van der Waals surface area contributed by atoms with Gasteiger partial charge in [-0.15, -0.1) is 0 Å². The molecule has 6 nitrogen and oxygen atoms in total. The van der Waals surface area contributed by atoms with Crippen LogP contribution in [0.15, 0.2) is 0 Å². The molecular formula is C18H36N4O2. The molecule has 4 unspecified atom stereocenters. The maximum atomic E-state index is 12.5. The summed E-state index contributed by atoms with van der Waals surface area (Å²) in [5, 5.41) is 5.25. The highest BCUT2D eigenvalue weighted by Gasteiger charge is 2.48. The fraction of sp³-hybridized carbons (Fsp3) is 0.889. The van der Waals surface area contributed by atoms with Gasteiger partial charge in [-0.05, 0) is 51.9 Å². The average Bonchev–Trinajstić information content (AvgIpc) is 2.54. The first-order valence-corrected chi connectivity index (χ1v) is 9.23.